The molecule has 0 bridgehead atoms. The minimum Gasteiger partial charge on any atom is -0.378 e. The maximum absolute atomic E-state index is 3.93. The molecule has 2 aliphatic rings. The third-order valence-electron chi connectivity index (χ3n) is 11.2. The van der Waals surface area contributed by atoms with Crippen LogP contribution in [0.2, 0.25) is 0 Å². The second-order valence-corrected chi connectivity index (χ2v) is 15.4. The smallest absolute Gasteiger partial charge is 0.0525 e. The summed E-state index contributed by atoms with van der Waals surface area (Å²) >= 11 is 0. The Morgan fingerprint density at radius 1 is 0.627 bits per heavy atom. The highest BCUT2D eigenvalue weighted by atomic mass is 15.1. The highest BCUT2D eigenvalue weighted by Gasteiger charge is 2.23. The van der Waals surface area contributed by atoms with Gasteiger partial charge < -0.3 is 10.2 Å². The first kappa shape index (κ1) is 38.9. The van der Waals surface area contributed by atoms with E-state index in [1.54, 1.807) is 0 Å². The minimum absolute atomic E-state index is 0.112. The first-order valence-electron chi connectivity index (χ1n) is 20.9. The molecule has 59 heavy (non-hydrogen) atoms. The van der Waals surface area contributed by atoms with Crippen molar-refractivity contribution in [2.45, 2.75) is 38.6 Å². The molecule has 290 valence electrons. The highest BCUT2D eigenvalue weighted by molar-refractivity contribution is 5.88. The van der Waals surface area contributed by atoms with Crippen LogP contribution in [0.4, 0.5) is 11.4 Å². The molecule has 8 rings (SSSR count). The van der Waals surface area contributed by atoms with Crippen LogP contribution in [0.3, 0.4) is 0 Å². The second-order valence-electron chi connectivity index (χ2n) is 15.4. The average Bonchev–Trinajstić information content (AvgIpc) is 3.46. The van der Waals surface area contributed by atoms with Crippen LogP contribution in [-0.4, -0.2) is 6.04 Å². The number of anilines is 2. The van der Waals surface area contributed by atoms with Crippen LogP contribution < -0.4 is 20.7 Å². The summed E-state index contributed by atoms with van der Waals surface area (Å²) in [6, 6.07) is 61.1. The first-order valence-corrected chi connectivity index (χ1v) is 20.9. The standard InChI is InChI=1S/C57H52N2/c1-3-15-52(40-46-17-8-6-9-18-46)58-57-42-51-22-14-12-20-48(51)34-39-56(57)49-31-27-44(28-32-49)25-26-45-29-36-54(37-30-45)59(53-23-10-5-4-7-16-43(2)24-35-53)55-38-33-47-19-11-13-21-50(47)41-55/h3-29,31-38,40-42,45,56-58H,30,39H2,1-2H3/b5-4?,7-4?,10-5?,15-3-,16-7?,23-10?,26-25?,35-24?,43-16?,43-24?,52-40+,53-23?,53-35?. The third kappa shape index (κ3) is 9.98. The molecule has 1 N–H and O–H groups in total. The Morgan fingerprint density at radius 2 is 1.34 bits per heavy atom. The number of fused-ring (bicyclic) bond motifs is 2. The number of allylic oxidation sites excluding steroid dienone is 6. The Hall–Kier alpha value is -6.90. The molecule has 0 saturated heterocycles. The number of nitrogens with zero attached hydrogens (tertiary/aromatic N) is 1. The molecule has 0 amide bonds. The van der Waals surface area contributed by atoms with E-state index in [0.29, 0.717) is 5.92 Å². The maximum atomic E-state index is 3.93. The normalized spacial score (nSPS) is 17.6. The van der Waals surface area contributed by atoms with E-state index in [4.69, 9.17) is 0 Å². The molecule has 0 fully saturated rings. The van der Waals surface area contributed by atoms with E-state index in [1.807, 2.05) is 0 Å². The van der Waals surface area contributed by atoms with Crippen molar-refractivity contribution in [3.63, 3.8) is 0 Å². The van der Waals surface area contributed by atoms with E-state index in [1.165, 1.54) is 49.2 Å². The van der Waals surface area contributed by atoms with E-state index in [9.17, 15) is 0 Å². The van der Waals surface area contributed by atoms with Crippen molar-refractivity contribution in [1.82, 2.24) is 5.32 Å². The van der Waals surface area contributed by atoms with Crippen molar-refractivity contribution in [2.75, 3.05) is 4.90 Å². The molecular weight excluding hydrogens is 713 g/mol. The summed E-state index contributed by atoms with van der Waals surface area (Å²) < 4.78 is 0. The van der Waals surface area contributed by atoms with Gasteiger partial charge in [0, 0.05) is 28.7 Å². The summed E-state index contributed by atoms with van der Waals surface area (Å²) in [6.45, 7) is 4.22. The number of hydrogen-bond donors (Lipinski definition) is 1. The SMILES string of the molecule is C/C=C\C(=C/c1ccccc1)NC1C=c2ccccc2=CCC1c1ccc(C=CC2C=CC(N(c3ccccccc(C)cc3)c3ccc4ccccc4c3)=CC2)cc1. The van der Waals surface area contributed by atoms with E-state index >= 15 is 0 Å². The van der Waals surface area contributed by atoms with E-state index in [0.717, 1.165) is 29.9 Å². The monoisotopic (exact) mass is 764 g/mol. The van der Waals surface area contributed by atoms with Crippen LogP contribution in [0, 0.1) is 12.8 Å². The molecule has 2 nitrogen and oxygen atoms in total. The van der Waals surface area contributed by atoms with Gasteiger partial charge >= 0.3 is 0 Å². The fourth-order valence-corrected chi connectivity index (χ4v) is 8.04. The van der Waals surface area contributed by atoms with Gasteiger partial charge in [-0.3, -0.25) is 0 Å². The van der Waals surface area contributed by atoms with Crippen LogP contribution in [0.5, 0.6) is 0 Å². The van der Waals surface area contributed by atoms with E-state index in [-0.39, 0.29) is 12.0 Å². The van der Waals surface area contributed by atoms with Crippen molar-refractivity contribution in [2.24, 2.45) is 5.92 Å². The molecule has 0 spiro atoms. The van der Waals surface area contributed by atoms with Crippen molar-refractivity contribution in [3.8, 4) is 0 Å². The van der Waals surface area contributed by atoms with Crippen molar-refractivity contribution >= 4 is 46.5 Å². The molecular formula is C57H52N2. The second kappa shape index (κ2) is 19.0. The van der Waals surface area contributed by atoms with Gasteiger partial charge in [-0.1, -0.05) is 194 Å². The van der Waals surface area contributed by atoms with Crippen LogP contribution in [-0.2, 0) is 0 Å². The molecule has 0 radical (unpaired) electrons. The highest BCUT2D eigenvalue weighted by Crippen LogP contribution is 2.35. The van der Waals surface area contributed by atoms with Gasteiger partial charge in [0.25, 0.3) is 0 Å². The topological polar surface area (TPSA) is 15.3 Å². The average molecular weight is 765 g/mol. The lowest BCUT2D eigenvalue weighted by molar-refractivity contribution is 0.580. The third-order valence-corrected chi connectivity index (χ3v) is 11.2. The van der Waals surface area contributed by atoms with Gasteiger partial charge in [0.15, 0.2) is 0 Å². The zero-order valence-corrected chi connectivity index (χ0v) is 34.0. The number of aryl methyl sites for hydroxylation is 1. The quantitative estimate of drug-likeness (QED) is 0.140. The fraction of sp³-hybridized carbons (Fsp3) is 0.123. The maximum Gasteiger partial charge on any atom is 0.0525 e. The van der Waals surface area contributed by atoms with Crippen LogP contribution >= 0.6 is 0 Å². The lowest BCUT2D eigenvalue weighted by atomic mass is 9.87. The number of benzene rings is 5. The largest absolute Gasteiger partial charge is 0.378 e. The molecule has 0 heterocycles. The molecule has 3 unspecified atom stereocenters. The summed E-state index contributed by atoms with van der Waals surface area (Å²) in [7, 11) is 0. The Labute approximate surface area is 350 Å². The van der Waals surface area contributed by atoms with E-state index < -0.39 is 0 Å². The molecule has 2 aliphatic carbocycles. The zero-order valence-electron chi connectivity index (χ0n) is 34.0. The number of hydrogen-bond acceptors (Lipinski definition) is 2. The van der Waals surface area contributed by atoms with Crippen LogP contribution in [0.25, 0.3) is 35.1 Å². The predicted octanol–water partition coefficient (Wildman–Crippen LogP) is 12.9. The van der Waals surface area contributed by atoms with Gasteiger partial charge in [0.1, 0.15) is 0 Å². The van der Waals surface area contributed by atoms with Crippen LogP contribution in [0.1, 0.15) is 47.9 Å². The van der Waals surface area contributed by atoms with E-state index in [2.05, 4.69) is 255 Å². The van der Waals surface area contributed by atoms with Crippen molar-refractivity contribution in [3.05, 3.63) is 250 Å². The lowest BCUT2D eigenvalue weighted by Crippen LogP contribution is -2.34. The van der Waals surface area contributed by atoms with Crippen LogP contribution in [0.15, 0.2) is 218 Å². The summed E-state index contributed by atoms with van der Waals surface area (Å²) in [5.41, 5.74) is 9.46. The van der Waals surface area contributed by atoms with Gasteiger partial charge in [-0.25, -0.2) is 0 Å². The minimum atomic E-state index is 0.112. The van der Waals surface area contributed by atoms with Gasteiger partial charge in [0.2, 0.25) is 0 Å². The molecule has 6 aromatic rings. The molecule has 0 aromatic heterocycles. The molecule has 3 atom stereocenters. The first-order chi connectivity index (χ1) is 29.1. The molecule has 0 saturated carbocycles. The fourth-order valence-electron chi connectivity index (χ4n) is 8.04. The summed E-state index contributed by atoms with van der Waals surface area (Å²) in [5.74, 6) is 0.573. The predicted molar refractivity (Wildman–Crippen MR) is 254 cm³/mol. The summed E-state index contributed by atoms with van der Waals surface area (Å²) in [6.07, 6.45) is 24.8. The van der Waals surface area contributed by atoms with Crippen molar-refractivity contribution < 1.29 is 0 Å². The lowest BCUT2D eigenvalue weighted by Gasteiger charge is -2.28. The molecule has 0 aliphatic heterocycles. The zero-order chi connectivity index (χ0) is 40.2. The number of nitrogens with one attached hydrogen (secondary N) is 1. The van der Waals surface area contributed by atoms with Gasteiger partial charge in [-0.15, -0.1) is 0 Å². The number of rotatable bonds is 10. The van der Waals surface area contributed by atoms with Gasteiger partial charge in [-0.05, 0) is 113 Å². The van der Waals surface area contributed by atoms with Gasteiger partial charge in [-0.2, -0.15) is 0 Å². The van der Waals surface area contributed by atoms with Gasteiger partial charge in [0.05, 0.1) is 6.04 Å². The molecule has 2 heteroatoms. The Bertz CT molecular complexity index is 2730. The summed E-state index contributed by atoms with van der Waals surface area (Å²) in [5, 5.41) is 8.97. The Morgan fingerprint density at radius 3 is 2.14 bits per heavy atom. The Kier molecular flexibility index (Phi) is 12.6. The summed E-state index contributed by atoms with van der Waals surface area (Å²) in [4.78, 5) is 2.38. The van der Waals surface area contributed by atoms with Crippen molar-refractivity contribution in [1.29, 1.82) is 0 Å². The Balaban J connectivity index is 1.03. The molecule has 6 aromatic carbocycles.